The van der Waals surface area contributed by atoms with Crippen molar-refractivity contribution in [2.45, 2.75) is 13.5 Å². The molecule has 0 atom stereocenters. The van der Waals surface area contributed by atoms with Crippen molar-refractivity contribution in [3.05, 3.63) is 82.9 Å². The number of hydrogen-bond donors (Lipinski definition) is 1. The van der Waals surface area contributed by atoms with Gasteiger partial charge in [-0.1, -0.05) is 23.7 Å². The lowest BCUT2D eigenvalue weighted by Crippen LogP contribution is -2.22. The molecule has 1 heterocycles. The first-order valence-corrected chi connectivity index (χ1v) is 7.64. The van der Waals surface area contributed by atoms with Gasteiger partial charge in [0, 0.05) is 35.2 Å². The fourth-order valence-corrected chi connectivity index (χ4v) is 2.44. The van der Waals surface area contributed by atoms with Crippen LogP contribution in [0, 0.1) is 6.92 Å². The molecule has 0 radical (unpaired) electrons. The number of carbonyl (C=O) groups is 1. The molecule has 0 aliphatic rings. The van der Waals surface area contributed by atoms with Gasteiger partial charge < -0.3 is 9.88 Å². The standard InChI is InChI=1S/C18H16ClN3O/c1-13-20-10-11-22(13)17-8-2-14(3-9-17)12-21-18(23)15-4-6-16(19)7-5-15/h2-11H,12H2,1H3,(H,21,23). The molecule has 4 nitrogen and oxygen atoms in total. The number of rotatable bonds is 4. The lowest BCUT2D eigenvalue weighted by atomic mass is 10.2. The zero-order valence-electron chi connectivity index (χ0n) is 12.7. The number of amides is 1. The Hall–Kier alpha value is -2.59. The molecule has 0 spiro atoms. The second kappa shape index (κ2) is 6.67. The van der Waals surface area contributed by atoms with Gasteiger partial charge in [-0.25, -0.2) is 4.98 Å². The zero-order valence-corrected chi connectivity index (χ0v) is 13.4. The highest BCUT2D eigenvalue weighted by Crippen LogP contribution is 2.12. The Labute approximate surface area is 139 Å². The van der Waals surface area contributed by atoms with Crippen molar-refractivity contribution >= 4 is 17.5 Å². The molecule has 23 heavy (non-hydrogen) atoms. The van der Waals surface area contributed by atoms with Crippen LogP contribution in [0.4, 0.5) is 0 Å². The topological polar surface area (TPSA) is 46.9 Å². The van der Waals surface area contributed by atoms with Gasteiger partial charge in [-0.2, -0.15) is 0 Å². The lowest BCUT2D eigenvalue weighted by molar-refractivity contribution is 0.0951. The molecular formula is C18H16ClN3O. The molecule has 0 bridgehead atoms. The molecule has 3 rings (SSSR count). The monoisotopic (exact) mass is 325 g/mol. The van der Waals surface area contributed by atoms with E-state index in [1.54, 1.807) is 30.5 Å². The van der Waals surface area contributed by atoms with Crippen LogP contribution in [0.3, 0.4) is 0 Å². The minimum atomic E-state index is -0.115. The Kier molecular flexibility index (Phi) is 4.44. The Balaban J connectivity index is 1.64. The van der Waals surface area contributed by atoms with Gasteiger partial charge in [-0.15, -0.1) is 0 Å². The van der Waals surface area contributed by atoms with Gasteiger partial charge in [0.15, 0.2) is 0 Å². The summed E-state index contributed by atoms with van der Waals surface area (Å²) < 4.78 is 2.01. The molecule has 0 saturated carbocycles. The minimum absolute atomic E-state index is 0.115. The van der Waals surface area contributed by atoms with Crippen molar-refractivity contribution in [2.75, 3.05) is 0 Å². The summed E-state index contributed by atoms with van der Waals surface area (Å²) in [5, 5.41) is 3.52. The average molecular weight is 326 g/mol. The number of nitrogens with zero attached hydrogens (tertiary/aromatic N) is 2. The van der Waals surface area contributed by atoms with Crippen LogP contribution in [-0.4, -0.2) is 15.5 Å². The number of imidazole rings is 1. The molecule has 2 aromatic carbocycles. The third kappa shape index (κ3) is 3.60. The van der Waals surface area contributed by atoms with E-state index >= 15 is 0 Å². The smallest absolute Gasteiger partial charge is 0.251 e. The highest BCUT2D eigenvalue weighted by molar-refractivity contribution is 6.30. The number of benzene rings is 2. The first-order chi connectivity index (χ1) is 11.1. The highest BCUT2D eigenvalue weighted by atomic mass is 35.5. The van der Waals surface area contributed by atoms with Crippen LogP contribution in [-0.2, 0) is 6.54 Å². The summed E-state index contributed by atoms with van der Waals surface area (Å²) in [6, 6.07) is 14.9. The SMILES string of the molecule is Cc1nccn1-c1ccc(CNC(=O)c2ccc(Cl)cc2)cc1. The fourth-order valence-electron chi connectivity index (χ4n) is 2.31. The number of aromatic nitrogens is 2. The van der Waals surface area contributed by atoms with Gasteiger partial charge in [0.1, 0.15) is 5.82 Å². The maximum atomic E-state index is 12.1. The maximum absolute atomic E-state index is 12.1. The first kappa shape index (κ1) is 15.3. The van der Waals surface area contributed by atoms with Crippen LogP contribution >= 0.6 is 11.6 Å². The summed E-state index contributed by atoms with van der Waals surface area (Å²) in [4.78, 5) is 16.3. The first-order valence-electron chi connectivity index (χ1n) is 7.26. The molecule has 0 unspecified atom stereocenters. The average Bonchev–Trinajstić information content (AvgIpc) is 3.00. The number of hydrogen-bond acceptors (Lipinski definition) is 2. The predicted octanol–water partition coefficient (Wildman–Crippen LogP) is 3.76. The molecule has 116 valence electrons. The van der Waals surface area contributed by atoms with Crippen LogP contribution in [0.2, 0.25) is 5.02 Å². The van der Waals surface area contributed by atoms with E-state index in [-0.39, 0.29) is 5.91 Å². The molecule has 0 fully saturated rings. The van der Waals surface area contributed by atoms with Crippen LogP contribution in [0.15, 0.2) is 60.9 Å². The lowest BCUT2D eigenvalue weighted by Gasteiger charge is -2.08. The second-order valence-electron chi connectivity index (χ2n) is 5.20. The van der Waals surface area contributed by atoms with E-state index in [4.69, 9.17) is 11.6 Å². The van der Waals surface area contributed by atoms with E-state index in [9.17, 15) is 4.79 Å². The van der Waals surface area contributed by atoms with Crippen LogP contribution < -0.4 is 5.32 Å². The van der Waals surface area contributed by atoms with E-state index in [0.717, 1.165) is 17.1 Å². The van der Waals surface area contributed by atoms with Crippen molar-refractivity contribution in [3.63, 3.8) is 0 Å². The zero-order chi connectivity index (χ0) is 16.2. The van der Waals surface area contributed by atoms with Crippen molar-refractivity contribution in [1.82, 2.24) is 14.9 Å². The summed E-state index contributed by atoms with van der Waals surface area (Å²) in [6.45, 7) is 2.44. The summed E-state index contributed by atoms with van der Waals surface area (Å²) >= 11 is 5.82. The maximum Gasteiger partial charge on any atom is 0.251 e. The third-order valence-corrected chi connectivity index (χ3v) is 3.85. The Morgan fingerprint density at radius 3 is 2.43 bits per heavy atom. The number of nitrogens with one attached hydrogen (secondary N) is 1. The third-order valence-electron chi connectivity index (χ3n) is 3.60. The molecule has 1 aromatic heterocycles. The van der Waals surface area contributed by atoms with Gasteiger partial charge in [0.2, 0.25) is 0 Å². The largest absolute Gasteiger partial charge is 0.348 e. The quantitative estimate of drug-likeness (QED) is 0.793. The van der Waals surface area contributed by atoms with Gasteiger partial charge in [0.25, 0.3) is 5.91 Å². The molecule has 0 aliphatic carbocycles. The molecule has 1 amide bonds. The van der Waals surface area contributed by atoms with Crippen molar-refractivity contribution in [2.24, 2.45) is 0 Å². The van der Waals surface area contributed by atoms with Crippen LogP contribution in [0.5, 0.6) is 0 Å². The number of halogens is 1. The Bertz CT molecular complexity index is 807. The molecule has 3 aromatic rings. The predicted molar refractivity (Wildman–Crippen MR) is 90.9 cm³/mol. The number of carbonyl (C=O) groups excluding carboxylic acids is 1. The summed E-state index contributed by atoms with van der Waals surface area (Å²) in [7, 11) is 0. The fraction of sp³-hybridized carbons (Fsp3) is 0.111. The van der Waals surface area contributed by atoms with E-state index in [1.807, 2.05) is 42.0 Å². The van der Waals surface area contributed by atoms with Crippen molar-refractivity contribution in [1.29, 1.82) is 0 Å². The van der Waals surface area contributed by atoms with E-state index in [1.165, 1.54) is 0 Å². The molecular weight excluding hydrogens is 310 g/mol. The highest BCUT2D eigenvalue weighted by Gasteiger charge is 2.05. The van der Waals surface area contributed by atoms with Crippen LogP contribution in [0.25, 0.3) is 5.69 Å². The van der Waals surface area contributed by atoms with Crippen LogP contribution in [0.1, 0.15) is 21.7 Å². The molecule has 5 heteroatoms. The summed E-state index contributed by atoms with van der Waals surface area (Å²) in [5.74, 6) is 0.824. The normalized spacial score (nSPS) is 10.5. The number of aryl methyl sites for hydroxylation is 1. The van der Waals surface area contributed by atoms with E-state index in [0.29, 0.717) is 17.1 Å². The van der Waals surface area contributed by atoms with Gasteiger partial charge in [0.05, 0.1) is 0 Å². The second-order valence-corrected chi connectivity index (χ2v) is 5.64. The minimum Gasteiger partial charge on any atom is -0.348 e. The molecule has 0 saturated heterocycles. The van der Waals surface area contributed by atoms with Gasteiger partial charge >= 0.3 is 0 Å². The summed E-state index contributed by atoms with van der Waals surface area (Å²) in [5.41, 5.74) is 2.68. The van der Waals surface area contributed by atoms with Gasteiger partial charge in [-0.3, -0.25) is 4.79 Å². The molecule has 0 aliphatic heterocycles. The molecule has 1 N–H and O–H groups in total. The van der Waals surface area contributed by atoms with Crippen molar-refractivity contribution < 1.29 is 4.79 Å². The Morgan fingerprint density at radius 1 is 1.13 bits per heavy atom. The van der Waals surface area contributed by atoms with E-state index in [2.05, 4.69) is 10.3 Å². The van der Waals surface area contributed by atoms with E-state index < -0.39 is 0 Å². The summed E-state index contributed by atoms with van der Waals surface area (Å²) in [6.07, 6.45) is 3.70. The van der Waals surface area contributed by atoms with Gasteiger partial charge in [-0.05, 0) is 48.9 Å². The van der Waals surface area contributed by atoms with Crippen molar-refractivity contribution in [3.8, 4) is 5.69 Å². The Morgan fingerprint density at radius 2 is 1.83 bits per heavy atom.